The van der Waals surface area contributed by atoms with Crippen molar-refractivity contribution in [2.45, 2.75) is 23.7 Å². The van der Waals surface area contributed by atoms with Crippen molar-refractivity contribution in [1.29, 1.82) is 0 Å². The average Bonchev–Trinajstić information content (AvgIpc) is 2.95. The van der Waals surface area contributed by atoms with Gasteiger partial charge in [-0.25, -0.2) is 0 Å². The van der Waals surface area contributed by atoms with Crippen molar-refractivity contribution in [3.05, 3.63) is 153 Å². The summed E-state index contributed by atoms with van der Waals surface area (Å²) in [5.41, 5.74) is 11.3. The lowest BCUT2D eigenvalue weighted by Gasteiger charge is -2.54. The number of benzene rings is 4. The van der Waals surface area contributed by atoms with Crippen molar-refractivity contribution in [1.82, 2.24) is 0 Å². The molecule has 0 spiro atoms. The van der Waals surface area contributed by atoms with E-state index in [4.69, 9.17) is 0 Å². The Balaban J connectivity index is 1.34. The first-order chi connectivity index (χ1) is 17.8. The Hall–Kier alpha value is -4.04. The minimum absolute atomic E-state index is 0.0659. The van der Waals surface area contributed by atoms with Crippen LogP contribution in [-0.4, -0.2) is 11.6 Å². The lowest BCUT2D eigenvalue weighted by Crippen LogP contribution is -2.53. The van der Waals surface area contributed by atoms with Gasteiger partial charge < -0.3 is 0 Å². The molecule has 0 saturated carbocycles. The van der Waals surface area contributed by atoms with Gasteiger partial charge in [0.15, 0.2) is 11.6 Å². The molecule has 0 heterocycles. The van der Waals surface area contributed by atoms with E-state index in [2.05, 4.69) is 97.1 Å². The first-order valence-electron chi connectivity index (χ1n) is 12.9. The summed E-state index contributed by atoms with van der Waals surface area (Å²) in [5.74, 6) is -0.691. The molecule has 2 atom stereocenters. The Labute approximate surface area is 209 Å². The molecule has 2 unspecified atom stereocenters. The normalized spacial score (nSPS) is 29.7. The van der Waals surface area contributed by atoms with Crippen LogP contribution in [0.25, 0.3) is 0 Å². The molecular formula is C34H22O2. The smallest absolute Gasteiger partial charge is 0.165 e. The van der Waals surface area contributed by atoms with Crippen molar-refractivity contribution in [3.8, 4) is 0 Å². The minimum atomic E-state index is -0.329. The van der Waals surface area contributed by atoms with Crippen LogP contribution in [0.2, 0.25) is 0 Å². The Bertz CT molecular complexity index is 1500. The van der Waals surface area contributed by atoms with Crippen molar-refractivity contribution >= 4 is 11.6 Å². The number of Topliss-reactive ketones (excluding diaryl/α,β-unsaturated/α-hetero) is 2. The van der Waals surface area contributed by atoms with E-state index in [0.29, 0.717) is 0 Å². The van der Waals surface area contributed by atoms with Gasteiger partial charge in [-0.3, -0.25) is 9.59 Å². The second-order valence-electron chi connectivity index (χ2n) is 10.9. The largest absolute Gasteiger partial charge is 0.294 e. The van der Waals surface area contributed by atoms with Crippen LogP contribution in [0.15, 0.2) is 108 Å². The molecular weight excluding hydrogens is 440 g/mol. The highest BCUT2D eigenvalue weighted by atomic mass is 16.1. The topological polar surface area (TPSA) is 34.1 Å². The average molecular weight is 463 g/mol. The van der Waals surface area contributed by atoms with E-state index in [0.717, 1.165) is 11.1 Å². The molecule has 2 heteroatoms. The van der Waals surface area contributed by atoms with E-state index in [1.165, 1.54) is 44.5 Å². The monoisotopic (exact) mass is 462 g/mol. The molecule has 0 amide bonds. The van der Waals surface area contributed by atoms with Crippen LogP contribution in [0.1, 0.15) is 68.2 Å². The van der Waals surface area contributed by atoms with Crippen LogP contribution in [0, 0.1) is 11.8 Å². The van der Waals surface area contributed by atoms with Crippen LogP contribution in [0.3, 0.4) is 0 Å². The van der Waals surface area contributed by atoms with Crippen molar-refractivity contribution in [2.24, 2.45) is 11.8 Å². The first kappa shape index (κ1) is 19.2. The highest BCUT2D eigenvalue weighted by Crippen LogP contribution is 2.65. The first-order valence-corrected chi connectivity index (χ1v) is 12.9. The van der Waals surface area contributed by atoms with E-state index >= 15 is 0 Å². The Morgan fingerprint density at radius 1 is 0.361 bits per heavy atom. The summed E-state index contributed by atoms with van der Waals surface area (Å²) in [6.45, 7) is 0. The summed E-state index contributed by atoms with van der Waals surface area (Å²) in [6, 6.07) is 33.9. The van der Waals surface area contributed by atoms with E-state index < -0.39 is 0 Å². The minimum Gasteiger partial charge on any atom is -0.294 e. The van der Waals surface area contributed by atoms with E-state index in [1.54, 1.807) is 0 Å². The van der Waals surface area contributed by atoms with Gasteiger partial charge in [0, 0.05) is 46.7 Å². The maximum atomic E-state index is 14.7. The molecule has 7 aliphatic carbocycles. The lowest BCUT2D eigenvalue weighted by atomic mass is 9.46. The van der Waals surface area contributed by atoms with Gasteiger partial charge in [0.1, 0.15) is 0 Å². The molecule has 0 fully saturated rings. The van der Waals surface area contributed by atoms with Gasteiger partial charge in [-0.05, 0) is 44.5 Å². The summed E-state index contributed by atoms with van der Waals surface area (Å²) in [6.07, 6.45) is 0. The van der Waals surface area contributed by atoms with Gasteiger partial charge >= 0.3 is 0 Å². The van der Waals surface area contributed by atoms with Crippen molar-refractivity contribution in [2.75, 3.05) is 0 Å². The van der Waals surface area contributed by atoms with Crippen LogP contribution < -0.4 is 0 Å². The van der Waals surface area contributed by atoms with Crippen LogP contribution in [0.5, 0.6) is 0 Å². The molecule has 2 nitrogen and oxygen atoms in total. The molecule has 0 saturated heterocycles. The molecule has 11 rings (SSSR count). The number of allylic oxidation sites excluding steroid dienone is 2. The molecule has 0 N–H and O–H groups in total. The maximum absolute atomic E-state index is 14.7. The SMILES string of the molecule is O=C1C2=C(C(=O)C3C4c5ccccc5C(c5ccccc54)C13)C1c3ccccc3C2c2ccccc21. The molecule has 4 aromatic rings. The number of rotatable bonds is 0. The molecule has 36 heavy (non-hydrogen) atoms. The predicted molar refractivity (Wildman–Crippen MR) is 137 cm³/mol. The van der Waals surface area contributed by atoms with E-state index in [1.807, 2.05) is 0 Å². The highest BCUT2D eigenvalue weighted by molar-refractivity contribution is 6.19. The molecule has 170 valence electrons. The third-order valence-corrected chi connectivity index (χ3v) is 9.68. The zero-order chi connectivity index (χ0) is 23.7. The molecule has 7 aliphatic rings. The molecule has 4 bridgehead atoms. The fourth-order valence-electron chi connectivity index (χ4n) is 8.56. The number of hydrogen-bond donors (Lipinski definition) is 0. The third kappa shape index (κ3) is 2.00. The molecule has 0 aromatic heterocycles. The van der Waals surface area contributed by atoms with Gasteiger partial charge in [-0.15, -0.1) is 0 Å². The number of carbonyl (C=O) groups is 2. The van der Waals surface area contributed by atoms with Crippen LogP contribution >= 0.6 is 0 Å². The Kier molecular flexibility index (Phi) is 3.40. The maximum Gasteiger partial charge on any atom is 0.165 e. The van der Waals surface area contributed by atoms with Crippen LogP contribution in [0.4, 0.5) is 0 Å². The van der Waals surface area contributed by atoms with Gasteiger partial charge in [0.2, 0.25) is 0 Å². The van der Waals surface area contributed by atoms with Crippen molar-refractivity contribution < 1.29 is 9.59 Å². The Morgan fingerprint density at radius 3 is 0.889 bits per heavy atom. The summed E-state index contributed by atoms with van der Waals surface area (Å²) in [4.78, 5) is 29.5. The van der Waals surface area contributed by atoms with Gasteiger partial charge in [0.05, 0.1) is 0 Å². The highest BCUT2D eigenvalue weighted by Gasteiger charge is 2.61. The number of ketones is 2. The van der Waals surface area contributed by atoms with Gasteiger partial charge in [0.25, 0.3) is 0 Å². The third-order valence-electron chi connectivity index (χ3n) is 9.68. The fourth-order valence-corrected chi connectivity index (χ4v) is 8.56. The second-order valence-corrected chi connectivity index (χ2v) is 10.9. The second kappa shape index (κ2) is 6.39. The summed E-state index contributed by atoms with van der Waals surface area (Å²) < 4.78 is 0. The summed E-state index contributed by atoms with van der Waals surface area (Å²) in [7, 11) is 0. The predicted octanol–water partition coefficient (Wildman–Crippen LogP) is 6.25. The Morgan fingerprint density at radius 2 is 0.611 bits per heavy atom. The number of hydrogen-bond acceptors (Lipinski definition) is 2. The molecule has 4 aromatic carbocycles. The van der Waals surface area contributed by atoms with Crippen molar-refractivity contribution in [3.63, 3.8) is 0 Å². The van der Waals surface area contributed by atoms with Crippen LogP contribution in [-0.2, 0) is 9.59 Å². The van der Waals surface area contributed by atoms with Gasteiger partial charge in [-0.1, -0.05) is 97.1 Å². The summed E-state index contributed by atoms with van der Waals surface area (Å²) in [5, 5.41) is 0. The zero-order valence-corrected chi connectivity index (χ0v) is 19.5. The number of carbonyl (C=O) groups excluding carboxylic acids is 2. The quantitative estimate of drug-likeness (QED) is 0.310. The lowest BCUT2D eigenvalue weighted by molar-refractivity contribution is -0.133. The fraction of sp³-hybridized carbons (Fsp3) is 0.176. The standard InChI is InChI=1S/C34H22O2/c35-33-29-25-17-9-1-2-10-18(17)26(20-12-4-3-11-19(20)25)30(29)34(36)32-28-23-15-7-5-13-21(23)27(31(32)33)22-14-6-8-16-24(22)28/h1-16,25-30H. The summed E-state index contributed by atoms with van der Waals surface area (Å²) >= 11 is 0. The van der Waals surface area contributed by atoms with E-state index in [9.17, 15) is 9.59 Å². The molecule has 0 aliphatic heterocycles. The zero-order valence-electron chi connectivity index (χ0n) is 19.5. The van der Waals surface area contributed by atoms with E-state index in [-0.39, 0.29) is 47.1 Å². The van der Waals surface area contributed by atoms with Gasteiger partial charge in [-0.2, -0.15) is 0 Å². The molecule has 0 radical (unpaired) electrons.